The van der Waals surface area contributed by atoms with Gasteiger partial charge in [-0.2, -0.15) is 0 Å². The number of carbonyl (C=O) groups excluding carboxylic acids is 2. The minimum absolute atomic E-state index is 0.0596. The first-order valence-electron chi connectivity index (χ1n) is 10.9. The van der Waals surface area contributed by atoms with Crippen molar-refractivity contribution >= 4 is 11.8 Å². The van der Waals surface area contributed by atoms with Crippen LogP contribution in [-0.4, -0.2) is 85.4 Å². The first kappa shape index (κ1) is 22.2. The Morgan fingerprint density at radius 2 is 1.96 bits per heavy atom. The SMILES string of the molecule is CCCN1C[C@@H](NC(=O)N(CC)CCCCN(C)C)C[C@@H]2CC(=O)CC[C@H]21. The maximum absolute atomic E-state index is 12.8. The van der Waals surface area contributed by atoms with E-state index in [1.807, 2.05) is 11.8 Å². The Balaban J connectivity index is 1.88. The Hall–Kier alpha value is -1.14. The Labute approximate surface area is 165 Å². The summed E-state index contributed by atoms with van der Waals surface area (Å²) in [7, 11) is 4.16. The van der Waals surface area contributed by atoms with Crippen molar-refractivity contribution in [3.05, 3.63) is 0 Å². The standard InChI is InChI=1S/C21H40N4O2/c1-5-11-25-16-18(14-17-15-19(26)9-10-20(17)25)22-21(27)24(6-2)13-8-7-12-23(3)4/h17-18,20H,5-16H2,1-4H3,(H,22,27)/t17-,18+,20-/m1/s1. The van der Waals surface area contributed by atoms with E-state index in [-0.39, 0.29) is 12.1 Å². The zero-order chi connectivity index (χ0) is 19.8. The Bertz CT molecular complexity index is 483. The molecular weight excluding hydrogens is 340 g/mol. The fourth-order valence-electron chi connectivity index (χ4n) is 4.70. The Morgan fingerprint density at radius 1 is 1.22 bits per heavy atom. The van der Waals surface area contributed by atoms with E-state index in [9.17, 15) is 9.59 Å². The van der Waals surface area contributed by atoms with Gasteiger partial charge in [-0.1, -0.05) is 6.92 Å². The molecule has 0 unspecified atom stereocenters. The minimum atomic E-state index is 0.0596. The number of urea groups is 1. The number of Topliss-reactive ketones (excluding diaryl/α,β-unsaturated/α-hetero) is 1. The summed E-state index contributed by atoms with van der Waals surface area (Å²) in [4.78, 5) is 31.4. The number of hydrogen-bond acceptors (Lipinski definition) is 4. The van der Waals surface area contributed by atoms with Crippen molar-refractivity contribution < 1.29 is 9.59 Å². The molecule has 1 aliphatic carbocycles. The van der Waals surface area contributed by atoms with Gasteiger partial charge in [-0.3, -0.25) is 9.69 Å². The number of nitrogens with one attached hydrogen (secondary N) is 1. The van der Waals surface area contributed by atoms with Gasteiger partial charge in [0.15, 0.2) is 0 Å². The zero-order valence-corrected chi connectivity index (χ0v) is 17.9. The number of carbonyl (C=O) groups is 2. The molecule has 156 valence electrons. The molecule has 2 amide bonds. The molecule has 0 aromatic heterocycles. The molecular formula is C21H40N4O2. The number of unbranched alkanes of at least 4 members (excludes halogenated alkanes) is 1. The smallest absolute Gasteiger partial charge is 0.317 e. The van der Waals surface area contributed by atoms with Crippen LogP contribution >= 0.6 is 0 Å². The van der Waals surface area contributed by atoms with E-state index in [4.69, 9.17) is 0 Å². The third-order valence-corrected chi connectivity index (χ3v) is 6.05. The van der Waals surface area contributed by atoms with Gasteiger partial charge in [0, 0.05) is 44.6 Å². The topological polar surface area (TPSA) is 55.9 Å². The van der Waals surface area contributed by atoms with Crippen LogP contribution in [-0.2, 0) is 4.79 Å². The monoisotopic (exact) mass is 380 g/mol. The van der Waals surface area contributed by atoms with E-state index in [1.165, 1.54) is 0 Å². The quantitative estimate of drug-likeness (QED) is 0.625. The maximum Gasteiger partial charge on any atom is 0.317 e. The molecule has 0 radical (unpaired) electrons. The summed E-state index contributed by atoms with van der Waals surface area (Å²) in [5.41, 5.74) is 0. The molecule has 27 heavy (non-hydrogen) atoms. The molecule has 2 fully saturated rings. The number of amides is 2. The molecule has 0 aromatic carbocycles. The largest absolute Gasteiger partial charge is 0.334 e. The molecule has 1 saturated carbocycles. The Kier molecular flexibility index (Phi) is 9.03. The van der Waals surface area contributed by atoms with Gasteiger partial charge in [0.1, 0.15) is 5.78 Å². The van der Waals surface area contributed by atoms with Crippen LogP contribution in [0, 0.1) is 5.92 Å². The van der Waals surface area contributed by atoms with Gasteiger partial charge in [0.25, 0.3) is 0 Å². The third-order valence-electron chi connectivity index (χ3n) is 6.05. The van der Waals surface area contributed by atoms with Crippen molar-refractivity contribution in [1.29, 1.82) is 0 Å². The molecule has 0 spiro atoms. The van der Waals surface area contributed by atoms with Gasteiger partial charge in [0.2, 0.25) is 0 Å². The van der Waals surface area contributed by atoms with Gasteiger partial charge < -0.3 is 15.1 Å². The number of rotatable bonds is 9. The Morgan fingerprint density at radius 3 is 2.63 bits per heavy atom. The average Bonchev–Trinajstić information content (AvgIpc) is 2.61. The molecule has 0 aromatic rings. The summed E-state index contributed by atoms with van der Waals surface area (Å²) in [5.74, 6) is 0.808. The highest BCUT2D eigenvalue weighted by Crippen LogP contribution is 2.34. The molecule has 6 nitrogen and oxygen atoms in total. The lowest BCUT2D eigenvalue weighted by Crippen LogP contribution is -2.58. The second kappa shape index (κ2) is 11.0. The van der Waals surface area contributed by atoms with Crippen molar-refractivity contribution in [2.45, 2.75) is 70.9 Å². The molecule has 2 rings (SSSR count). The normalized spacial score (nSPS) is 26.1. The molecule has 1 N–H and O–H groups in total. The molecule has 2 aliphatic rings. The van der Waals surface area contributed by atoms with E-state index in [0.717, 1.165) is 71.2 Å². The average molecular weight is 381 g/mol. The van der Waals surface area contributed by atoms with Crippen molar-refractivity contribution in [2.24, 2.45) is 5.92 Å². The highest BCUT2D eigenvalue weighted by atomic mass is 16.2. The summed E-state index contributed by atoms with van der Waals surface area (Å²) in [6.45, 7) is 8.85. The third kappa shape index (κ3) is 6.75. The van der Waals surface area contributed by atoms with Crippen LogP contribution in [0.1, 0.15) is 58.8 Å². The highest BCUT2D eigenvalue weighted by molar-refractivity contribution is 5.79. The first-order valence-corrected chi connectivity index (χ1v) is 10.9. The number of piperidine rings is 1. The second-order valence-electron chi connectivity index (χ2n) is 8.58. The molecule has 1 saturated heterocycles. The van der Waals surface area contributed by atoms with Crippen LogP contribution < -0.4 is 5.32 Å². The fourth-order valence-corrected chi connectivity index (χ4v) is 4.70. The van der Waals surface area contributed by atoms with E-state index in [2.05, 4.69) is 36.1 Å². The van der Waals surface area contributed by atoms with Crippen LogP contribution in [0.25, 0.3) is 0 Å². The number of likely N-dealkylation sites (tertiary alicyclic amines) is 1. The van der Waals surface area contributed by atoms with Gasteiger partial charge in [-0.05, 0) is 72.1 Å². The predicted molar refractivity (Wildman–Crippen MR) is 110 cm³/mol. The van der Waals surface area contributed by atoms with Crippen LogP contribution in [0.2, 0.25) is 0 Å². The number of fused-ring (bicyclic) bond motifs is 1. The van der Waals surface area contributed by atoms with E-state index >= 15 is 0 Å². The van der Waals surface area contributed by atoms with Crippen LogP contribution in [0.4, 0.5) is 4.79 Å². The zero-order valence-electron chi connectivity index (χ0n) is 17.9. The molecule has 1 aliphatic heterocycles. The van der Waals surface area contributed by atoms with Gasteiger partial charge in [-0.25, -0.2) is 4.79 Å². The van der Waals surface area contributed by atoms with E-state index < -0.39 is 0 Å². The predicted octanol–water partition coefficient (Wildman–Crippen LogP) is 2.58. The molecule has 3 atom stereocenters. The van der Waals surface area contributed by atoms with Crippen LogP contribution in [0.3, 0.4) is 0 Å². The number of hydrogen-bond donors (Lipinski definition) is 1. The van der Waals surface area contributed by atoms with Gasteiger partial charge in [-0.15, -0.1) is 0 Å². The summed E-state index contributed by atoms with van der Waals surface area (Å²) in [5, 5.41) is 3.28. The number of ketones is 1. The maximum atomic E-state index is 12.8. The molecule has 1 heterocycles. The van der Waals surface area contributed by atoms with Crippen molar-refractivity contribution in [2.75, 3.05) is 46.8 Å². The lowest BCUT2D eigenvalue weighted by atomic mass is 9.76. The van der Waals surface area contributed by atoms with E-state index in [0.29, 0.717) is 24.2 Å². The lowest BCUT2D eigenvalue weighted by Gasteiger charge is -2.47. The lowest BCUT2D eigenvalue weighted by molar-refractivity contribution is -0.124. The molecule has 6 heteroatoms. The van der Waals surface area contributed by atoms with Crippen LogP contribution in [0.15, 0.2) is 0 Å². The fraction of sp³-hybridized carbons (Fsp3) is 0.905. The second-order valence-corrected chi connectivity index (χ2v) is 8.58. The van der Waals surface area contributed by atoms with Crippen molar-refractivity contribution in [1.82, 2.24) is 20.0 Å². The van der Waals surface area contributed by atoms with E-state index in [1.54, 1.807) is 0 Å². The first-order chi connectivity index (χ1) is 12.9. The number of nitrogens with zero attached hydrogens (tertiary/aromatic N) is 3. The van der Waals surface area contributed by atoms with Crippen LogP contribution in [0.5, 0.6) is 0 Å². The summed E-state index contributed by atoms with van der Waals surface area (Å²) < 4.78 is 0. The minimum Gasteiger partial charge on any atom is -0.334 e. The highest BCUT2D eigenvalue weighted by Gasteiger charge is 2.39. The summed E-state index contributed by atoms with van der Waals surface area (Å²) >= 11 is 0. The molecule has 0 bridgehead atoms. The van der Waals surface area contributed by atoms with Crippen molar-refractivity contribution in [3.63, 3.8) is 0 Å². The summed E-state index contributed by atoms with van der Waals surface area (Å²) in [6, 6.07) is 0.750. The van der Waals surface area contributed by atoms with Gasteiger partial charge >= 0.3 is 6.03 Å². The summed E-state index contributed by atoms with van der Waals surface area (Å²) in [6.07, 6.45) is 6.62. The van der Waals surface area contributed by atoms with Crippen molar-refractivity contribution in [3.8, 4) is 0 Å². The van der Waals surface area contributed by atoms with Gasteiger partial charge in [0.05, 0.1) is 0 Å².